The van der Waals surface area contributed by atoms with E-state index in [2.05, 4.69) is 4.72 Å². The summed E-state index contributed by atoms with van der Waals surface area (Å²) >= 11 is 0. The number of amides is 1. The van der Waals surface area contributed by atoms with E-state index in [1.807, 2.05) is 17.9 Å². The van der Waals surface area contributed by atoms with E-state index in [-0.39, 0.29) is 17.9 Å². The number of rotatable bonds is 4. The zero-order chi connectivity index (χ0) is 15.7. The molecule has 1 aromatic rings. The molecule has 0 atom stereocenters. The third-order valence-electron chi connectivity index (χ3n) is 4.35. The van der Waals surface area contributed by atoms with Crippen LogP contribution in [-0.4, -0.2) is 38.4 Å². The first-order valence-electron chi connectivity index (χ1n) is 7.83. The van der Waals surface area contributed by atoms with Crippen molar-refractivity contribution in [3.8, 4) is 0 Å². The Hall–Kier alpha value is -1.40. The van der Waals surface area contributed by atoms with Crippen LogP contribution in [0.15, 0.2) is 29.2 Å². The molecule has 1 aliphatic carbocycles. The van der Waals surface area contributed by atoms with Gasteiger partial charge in [0.15, 0.2) is 0 Å². The van der Waals surface area contributed by atoms with Crippen molar-refractivity contribution < 1.29 is 13.2 Å². The molecule has 1 aromatic carbocycles. The van der Waals surface area contributed by atoms with E-state index in [1.54, 1.807) is 18.2 Å². The van der Waals surface area contributed by atoms with Gasteiger partial charge in [0.1, 0.15) is 0 Å². The fourth-order valence-electron chi connectivity index (χ4n) is 2.88. The first kappa shape index (κ1) is 15.5. The molecule has 1 saturated carbocycles. The Balaban J connectivity index is 1.59. The van der Waals surface area contributed by atoms with Gasteiger partial charge in [0, 0.05) is 25.0 Å². The lowest BCUT2D eigenvalue weighted by atomic mass is 10.1. The van der Waals surface area contributed by atoms with Gasteiger partial charge in [-0.25, -0.2) is 13.1 Å². The third-order valence-corrected chi connectivity index (χ3v) is 5.87. The van der Waals surface area contributed by atoms with Crippen LogP contribution in [0.25, 0.3) is 0 Å². The van der Waals surface area contributed by atoms with Crippen molar-refractivity contribution in [3.05, 3.63) is 29.8 Å². The first-order chi connectivity index (χ1) is 10.5. The molecule has 2 fully saturated rings. The lowest BCUT2D eigenvalue weighted by molar-refractivity contribution is -0.133. The number of sulfonamides is 1. The summed E-state index contributed by atoms with van der Waals surface area (Å²) in [6, 6.07) is 6.82. The van der Waals surface area contributed by atoms with Crippen molar-refractivity contribution in [2.75, 3.05) is 13.1 Å². The van der Waals surface area contributed by atoms with Gasteiger partial charge in [-0.3, -0.25) is 4.79 Å². The number of carbonyl (C=O) groups is 1. The molecule has 1 amide bonds. The summed E-state index contributed by atoms with van der Waals surface area (Å²) in [6.07, 6.45) is 3.39. The lowest BCUT2D eigenvalue weighted by Crippen LogP contribution is -2.46. The van der Waals surface area contributed by atoms with Gasteiger partial charge in [-0.05, 0) is 50.3 Å². The van der Waals surface area contributed by atoms with Crippen molar-refractivity contribution in [3.63, 3.8) is 0 Å². The topological polar surface area (TPSA) is 66.5 Å². The van der Waals surface area contributed by atoms with Gasteiger partial charge >= 0.3 is 0 Å². The van der Waals surface area contributed by atoms with Crippen LogP contribution in [0, 0.1) is 12.8 Å². The van der Waals surface area contributed by atoms with Crippen LogP contribution < -0.4 is 4.72 Å². The maximum atomic E-state index is 12.4. The van der Waals surface area contributed by atoms with Gasteiger partial charge in [0.2, 0.25) is 15.9 Å². The summed E-state index contributed by atoms with van der Waals surface area (Å²) in [7, 11) is -3.48. The first-order valence-corrected chi connectivity index (χ1v) is 9.32. The Morgan fingerprint density at radius 3 is 2.45 bits per heavy atom. The van der Waals surface area contributed by atoms with Gasteiger partial charge in [-0.15, -0.1) is 0 Å². The number of aryl methyl sites for hydroxylation is 1. The normalized spacial score (nSPS) is 20.1. The maximum Gasteiger partial charge on any atom is 0.240 e. The van der Waals surface area contributed by atoms with Gasteiger partial charge in [-0.2, -0.15) is 0 Å². The summed E-state index contributed by atoms with van der Waals surface area (Å²) in [4.78, 5) is 14.2. The van der Waals surface area contributed by atoms with Crippen molar-refractivity contribution in [1.29, 1.82) is 0 Å². The molecule has 1 heterocycles. The molecule has 1 N–H and O–H groups in total. The minimum atomic E-state index is -3.48. The number of hydrogen-bond acceptors (Lipinski definition) is 3. The van der Waals surface area contributed by atoms with Gasteiger partial charge in [0.05, 0.1) is 4.90 Å². The quantitative estimate of drug-likeness (QED) is 0.917. The van der Waals surface area contributed by atoms with E-state index in [4.69, 9.17) is 0 Å². The van der Waals surface area contributed by atoms with Crippen molar-refractivity contribution in [2.24, 2.45) is 5.92 Å². The molecule has 6 heteroatoms. The molecule has 5 nitrogen and oxygen atoms in total. The number of carbonyl (C=O) groups excluding carboxylic acids is 1. The summed E-state index contributed by atoms with van der Waals surface area (Å²) in [5.41, 5.74) is 0.924. The average molecular weight is 322 g/mol. The van der Waals surface area contributed by atoms with E-state index in [0.717, 1.165) is 18.4 Å². The van der Waals surface area contributed by atoms with Crippen LogP contribution >= 0.6 is 0 Å². The summed E-state index contributed by atoms with van der Waals surface area (Å²) in [5.74, 6) is 0.487. The van der Waals surface area contributed by atoms with Crippen molar-refractivity contribution in [2.45, 2.75) is 43.5 Å². The predicted octanol–water partition coefficient (Wildman–Crippen LogP) is 1.67. The molecular formula is C16H22N2O3S. The highest BCUT2D eigenvalue weighted by Gasteiger charge is 2.35. The Kier molecular flexibility index (Phi) is 4.23. The van der Waals surface area contributed by atoms with E-state index in [9.17, 15) is 13.2 Å². The second kappa shape index (κ2) is 6.01. The number of hydrogen-bond donors (Lipinski definition) is 1. The van der Waals surface area contributed by atoms with Crippen LogP contribution in [0.3, 0.4) is 0 Å². The SMILES string of the molecule is Cc1cccc(S(=O)(=O)NC2CCN(C(=O)C3CC3)CC2)c1. The molecule has 1 saturated heterocycles. The number of piperidine rings is 1. The van der Waals surface area contributed by atoms with Crippen LogP contribution in [-0.2, 0) is 14.8 Å². The van der Waals surface area contributed by atoms with Gasteiger partial charge in [-0.1, -0.05) is 12.1 Å². The molecule has 2 aliphatic rings. The zero-order valence-electron chi connectivity index (χ0n) is 12.8. The Bertz CT molecular complexity index is 660. The summed E-state index contributed by atoms with van der Waals surface area (Å²) in [5, 5.41) is 0. The molecule has 22 heavy (non-hydrogen) atoms. The van der Waals surface area contributed by atoms with E-state index < -0.39 is 10.0 Å². The van der Waals surface area contributed by atoms with Gasteiger partial charge < -0.3 is 4.90 Å². The van der Waals surface area contributed by atoms with Crippen molar-refractivity contribution in [1.82, 2.24) is 9.62 Å². The number of likely N-dealkylation sites (tertiary alicyclic amines) is 1. The molecule has 3 rings (SSSR count). The molecular weight excluding hydrogens is 300 g/mol. The average Bonchev–Trinajstić information content (AvgIpc) is 3.32. The lowest BCUT2D eigenvalue weighted by Gasteiger charge is -2.32. The Labute approximate surface area is 131 Å². The van der Waals surface area contributed by atoms with E-state index >= 15 is 0 Å². The highest BCUT2D eigenvalue weighted by molar-refractivity contribution is 7.89. The highest BCUT2D eigenvalue weighted by Crippen LogP contribution is 2.32. The number of benzene rings is 1. The third kappa shape index (κ3) is 3.50. The Morgan fingerprint density at radius 1 is 1.18 bits per heavy atom. The molecule has 1 aliphatic heterocycles. The molecule has 120 valence electrons. The standard InChI is InChI=1S/C16H22N2O3S/c1-12-3-2-4-15(11-12)22(20,21)17-14-7-9-18(10-8-14)16(19)13-5-6-13/h2-4,11,13-14,17H,5-10H2,1H3. The van der Waals surface area contributed by atoms with Gasteiger partial charge in [0.25, 0.3) is 0 Å². The minimum Gasteiger partial charge on any atom is -0.342 e. The zero-order valence-corrected chi connectivity index (χ0v) is 13.6. The monoisotopic (exact) mass is 322 g/mol. The number of nitrogens with zero attached hydrogens (tertiary/aromatic N) is 1. The predicted molar refractivity (Wildman–Crippen MR) is 83.8 cm³/mol. The summed E-state index contributed by atoms with van der Waals surface area (Å²) < 4.78 is 27.6. The smallest absolute Gasteiger partial charge is 0.240 e. The van der Waals surface area contributed by atoms with Crippen LogP contribution in [0.4, 0.5) is 0 Å². The van der Waals surface area contributed by atoms with Crippen LogP contribution in [0.2, 0.25) is 0 Å². The largest absolute Gasteiger partial charge is 0.342 e. The second-order valence-corrected chi connectivity index (χ2v) is 8.03. The van der Waals surface area contributed by atoms with Crippen molar-refractivity contribution >= 4 is 15.9 Å². The second-order valence-electron chi connectivity index (χ2n) is 6.31. The minimum absolute atomic E-state index is 0.0891. The van der Waals surface area contributed by atoms with E-state index in [0.29, 0.717) is 30.8 Å². The Morgan fingerprint density at radius 2 is 1.86 bits per heavy atom. The highest BCUT2D eigenvalue weighted by atomic mass is 32.2. The molecule has 0 bridgehead atoms. The molecule has 0 aromatic heterocycles. The molecule has 0 radical (unpaired) electrons. The van der Waals surface area contributed by atoms with Crippen LogP contribution in [0.5, 0.6) is 0 Å². The maximum absolute atomic E-state index is 12.4. The number of nitrogens with one attached hydrogen (secondary N) is 1. The molecule has 0 unspecified atom stereocenters. The van der Waals surface area contributed by atoms with E-state index in [1.165, 1.54) is 0 Å². The fraction of sp³-hybridized carbons (Fsp3) is 0.562. The summed E-state index contributed by atoms with van der Waals surface area (Å²) in [6.45, 7) is 3.17. The molecule has 0 spiro atoms. The van der Waals surface area contributed by atoms with Crippen LogP contribution in [0.1, 0.15) is 31.2 Å². The fourth-order valence-corrected chi connectivity index (χ4v) is 4.29.